The highest BCUT2D eigenvalue weighted by Crippen LogP contribution is 2.23. The summed E-state index contributed by atoms with van der Waals surface area (Å²) in [4.78, 5) is 42.5. The first kappa shape index (κ1) is 33.6. The molecule has 222 valence electrons. The summed E-state index contributed by atoms with van der Waals surface area (Å²) < 4.78 is 0. The van der Waals surface area contributed by atoms with Gasteiger partial charge in [-0.25, -0.2) is 0 Å². The Morgan fingerprint density at radius 1 is 1.02 bits per heavy atom. The van der Waals surface area contributed by atoms with Crippen LogP contribution < -0.4 is 16.0 Å². The van der Waals surface area contributed by atoms with Crippen LogP contribution in [0.4, 0.5) is 0 Å². The van der Waals surface area contributed by atoms with Crippen molar-refractivity contribution in [3.05, 3.63) is 48.0 Å². The molecule has 4 atom stereocenters. The zero-order valence-electron chi connectivity index (χ0n) is 23.8. The molecule has 0 radical (unpaired) electrons. The predicted octanol–water partition coefficient (Wildman–Crippen LogP) is 2.16. The molecule has 10 heteroatoms. The molecule has 40 heavy (non-hydrogen) atoms. The van der Waals surface area contributed by atoms with Crippen LogP contribution in [-0.4, -0.2) is 83.3 Å². The lowest BCUT2D eigenvalue weighted by atomic mass is 9.96. The standard InChI is InChI=1S/C30H44N4O5.ClH/c1-4-22(5-2)29(38)34(30(39)26-11-8-14-32-26)27(28(37)33-19-25(36)18-31-17-20(3)35)16-21-12-13-23-9-6-7-10-24(23)15-21;/h6-7,9-10,12-13,15,20,22,25-27,31-32,35-36H,4-5,8,11,14,16-19H2,1-3H3,(H,33,37);1H/t20?,25?,26?,27-;/m0./s1. The van der Waals surface area contributed by atoms with Crippen LogP contribution in [0, 0.1) is 5.92 Å². The van der Waals surface area contributed by atoms with Crippen LogP contribution in [0.3, 0.4) is 0 Å². The van der Waals surface area contributed by atoms with Crippen LogP contribution in [-0.2, 0) is 20.8 Å². The number of carbonyl (C=O) groups excluding carboxylic acids is 3. The number of hydrogen-bond donors (Lipinski definition) is 5. The number of hydrogen-bond acceptors (Lipinski definition) is 7. The fourth-order valence-corrected chi connectivity index (χ4v) is 5.07. The molecule has 1 aliphatic heterocycles. The first-order valence-corrected chi connectivity index (χ1v) is 14.2. The summed E-state index contributed by atoms with van der Waals surface area (Å²) >= 11 is 0. The van der Waals surface area contributed by atoms with Crippen molar-refractivity contribution in [1.29, 1.82) is 0 Å². The normalized spacial score (nSPS) is 17.2. The van der Waals surface area contributed by atoms with Gasteiger partial charge in [-0.1, -0.05) is 56.3 Å². The number of nitrogens with one attached hydrogen (secondary N) is 3. The number of halogens is 1. The van der Waals surface area contributed by atoms with Gasteiger partial charge in [0.1, 0.15) is 6.04 Å². The SMILES string of the molecule is CCC(CC)C(=O)N(C(=O)C1CCCN1)[C@@H](Cc1ccc2ccccc2c1)C(=O)NCC(O)CNCC(C)O.Cl. The molecule has 3 rings (SSSR count). The summed E-state index contributed by atoms with van der Waals surface area (Å²) in [7, 11) is 0. The second-order valence-corrected chi connectivity index (χ2v) is 10.5. The first-order chi connectivity index (χ1) is 18.7. The van der Waals surface area contributed by atoms with E-state index in [2.05, 4.69) is 16.0 Å². The number of fused-ring (bicyclic) bond motifs is 1. The Morgan fingerprint density at radius 2 is 1.73 bits per heavy atom. The molecular weight excluding hydrogens is 532 g/mol. The van der Waals surface area contributed by atoms with E-state index in [1.807, 2.05) is 56.3 Å². The monoisotopic (exact) mass is 576 g/mol. The molecule has 3 unspecified atom stereocenters. The van der Waals surface area contributed by atoms with Gasteiger partial charge in [0, 0.05) is 32.0 Å². The average molecular weight is 577 g/mol. The molecule has 0 aliphatic carbocycles. The van der Waals surface area contributed by atoms with Gasteiger partial charge >= 0.3 is 0 Å². The summed E-state index contributed by atoms with van der Waals surface area (Å²) in [5.74, 6) is -1.57. The maximum atomic E-state index is 13.8. The fraction of sp³-hybridized carbons (Fsp3) is 0.567. The lowest BCUT2D eigenvalue weighted by Crippen LogP contribution is -2.59. The van der Waals surface area contributed by atoms with E-state index in [1.54, 1.807) is 6.92 Å². The van der Waals surface area contributed by atoms with Crippen molar-refractivity contribution in [2.24, 2.45) is 5.92 Å². The molecule has 2 aromatic rings. The van der Waals surface area contributed by atoms with Crippen molar-refractivity contribution < 1.29 is 24.6 Å². The van der Waals surface area contributed by atoms with Crippen molar-refractivity contribution in [2.45, 2.75) is 77.2 Å². The quantitative estimate of drug-likeness (QED) is 0.233. The minimum absolute atomic E-state index is 0. The lowest BCUT2D eigenvalue weighted by Gasteiger charge is -2.34. The van der Waals surface area contributed by atoms with E-state index in [0.717, 1.165) is 22.8 Å². The molecule has 1 fully saturated rings. The van der Waals surface area contributed by atoms with Crippen LogP contribution in [0.15, 0.2) is 42.5 Å². The topological polar surface area (TPSA) is 131 Å². The highest BCUT2D eigenvalue weighted by Gasteiger charge is 2.40. The molecule has 0 saturated carbocycles. The molecular formula is C30H45ClN4O5. The molecule has 2 aromatic carbocycles. The Morgan fingerprint density at radius 3 is 2.35 bits per heavy atom. The highest BCUT2D eigenvalue weighted by atomic mass is 35.5. The number of nitrogens with zero attached hydrogens (tertiary/aromatic N) is 1. The van der Waals surface area contributed by atoms with E-state index < -0.39 is 30.2 Å². The Balaban J connectivity index is 0.00000560. The van der Waals surface area contributed by atoms with Crippen LogP contribution in [0.1, 0.15) is 52.0 Å². The zero-order chi connectivity index (χ0) is 28.4. The summed E-state index contributed by atoms with van der Waals surface area (Å²) in [6.07, 6.45) is 1.28. The smallest absolute Gasteiger partial charge is 0.247 e. The molecule has 0 bridgehead atoms. The summed E-state index contributed by atoms with van der Waals surface area (Å²) in [6.45, 7) is 6.60. The van der Waals surface area contributed by atoms with Crippen molar-refractivity contribution >= 4 is 40.9 Å². The Hall–Kier alpha value is -2.56. The second-order valence-electron chi connectivity index (χ2n) is 10.5. The van der Waals surface area contributed by atoms with Gasteiger partial charge in [-0.3, -0.25) is 19.3 Å². The van der Waals surface area contributed by atoms with Gasteiger partial charge < -0.3 is 26.2 Å². The minimum atomic E-state index is -1.06. The van der Waals surface area contributed by atoms with Crippen molar-refractivity contribution in [3.8, 4) is 0 Å². The van der Waals surface area contributed by atoms with Gasteiger partial charge in [0.2, 0.25) is 17.7 Å². The molecule has 0 spiro atoms. The first-order valence-electron chi connectivity index (χ1n) is 14.2. The van der Waals surface area contributed by atoms with Gasteiger partial charge in [-0.2, -0.15) is 0 Å². The maximum absolute atomic E-state index is 13.8. The number of rotatable bonds is 14. The van der Waals surface area contributed by atoms with Gasteiger partial charge in [0.15, 0.2) is 0 Å². The molecule has 0 aromatic heterocycles. The maximum Gasteiger partial charge on any atom is 0.247 e. The fourth-order valence-electron chi connectivity index (χ4n) is 5.07. The van der Waals surface area contributed by atoms with Crippen molar-refractivity contribution in [1.82, 2.24) is 20.9 Å². The van der Waals surface area contributed by atoms with Crippen molar-refractivity contribution in [3.63, 3.8) is 0 Å². The Bertz CT molecular complexity index is 1090. The number of aliphatic hydroxyl groups excluding tert-OH is 2. The van der Waals surface area contributed by atoms with E-state index in [1.165, 1.54) is 4.90 Å². The highest BCUT2D eigenvalue weighted by molar-refractivity contribution is 6.03. The zero-order valence-corrected chi connectivity index (χ0v) is 24.6. The molecule has 5 N–H and O–H groups in total. The predicted molar refractivity (Wildman–Crippen MR) is 159 cm³/mol. The molecule has 1 aliphatic rings. The number of imide groups is 1. The third-order valence-electron chi connectivity index (χ3n) is 7.36. The van der Waals surface area contributed by atoms with E-state index in [0.29, 0.717) is 32.4 Å². The summed E-state index contributed by atoms with van der Waals surface area (Å²) in [5, 5.41) is 30.8. The number of aliphatic hydroxyl groups is 2. The van der Waals surface area contributed by atoms with Crippen LogP contribution in [0.5, 0.6) is 0 Å². The Kier molecular flexibility index (Phi) is 14.0. The number of amides is 3. The van der Waals surface area contributed by atoms with Gasteiger partial charge in [0.25, 0.3) is 0 Å². The van der Waals surface area contributed by atoms with Gasteiger partial charge in [-0.05, 0) is 55.5 Å². The van der Waals surface area contributed by atoms with E-state index >= 15 is 0 Å². The number of benzene rings is 2. The van der Waals surface area contributed by atoms with Gasteiger partial charge in [0.05, 0.1) is 18.2 Å². The third-order valence-corrected chi connectivity index (χ3v) is 7.36. The minimum Gasteiger partial charge on any atom is -0.392 e. The molecule has 3 amide bonds. The average Bonchev–Trinajstić information content (AvgIpc) is 3.47. The Labute approximate surface area is 243 Å². The van der Waals surface area contributed by atoms with Gasteiger partial charge in [-0.15, -0.1) is 12.4 Å². The van der Waals surface area contributed by atoms with Crippen LogP contribution >= 0.6 is 12.4 Å². The van der Waals surface area contributed by atoms with Crippen LogP contribution in [0.2, 0.25) is 0 Å². The second kappa shape index (κ2) is 16.6. The van der Waals surface area contributed by atoms with E-state index in [-0.39, 0.29) is 49.6 Å². The molecule has 1 heterocycles. The van der Waals surface area contributed by atoms with E-state index in [4.69, 9.17) is 0 Å². The van der Waals surface area contributed by atoms with E-state index in [9.17, 15) is 24.6 Å². The van der Waals surface area contributed by atoms with Crippen LogP contribution in [0.25, 0.3) is 10.8 Å². The number of carbonyl (C=O) groups is 3. The third kappa shape index (κ3) is 9.24. The lowest BCUT2D eigenvalue weighted by molar-refractivity contribution is -0.155. The molecule has 9 nitrogen and oxygen atoms in total. The summed E-state index contributed by atoms with van der Waals surface area (Å²) in [6, 6.07) is 12.2. The summed E-state index contributed by atoms with van der Waals surface area (Å²) in [5.41, 5.74) is 0.836. The largest absolute Gasteiger partial charge is 0.392 e. The van der Waals surface area contributed by atoms with Crippen molar-refractivity contribution in [2.75, 3.05) is 26.2 Å². The molecule has 1 saturated heterocycles.